The van der Waals surface area contributed by atoms with Crippen molar-refractivity contribution >= 4 is 39.1 Å². The van der Waals surface area contributed by atoms with Gasteiger partial charge in [0.25, 0.3) is 15.9 Å². The Morgan fingerprint density at radius 2 is 1.85 bits per heavy atom. The van der Waals surface area contributed by atoms with Gasteiger partial charge < -0.3 is 19.1 Å². The summed E-state index contributed by atoms with van der Waals surface area (Å²) in [5.74, 6) is -2.14. The molecule has 10 nitrogen and oxygen atoms in total. The van der Waals surface area contributed by atoms with Crippen molar-refractivity contribution in [1.29, 1.82) is 0 Å². The van der Waals surface area contributed by atoms with Crippen molar-refractivity contribution in [3.05, 3.63) is 76.3 Å². The van der Waals surface area contributed by atoms with E-state index in [0.29, 0.717) is 47.9 Å². The number of benzene rings is 3. The second kappa shape index (κ2) is 11.9. The zero-order valence-corrected chi connectivity index (χ0v) is 27.2. The maximum Gasteiger partial charge on any atom is 0.573 e. The minimum Gasteiger partial charge on any atom is -0.497 e. The maximum absolute atomic E-state index is 15.4. The first-order valence-electron chi connectivity index (χ1n) is 14.8. The predicted molar refractivity (Wildman–Crippen MR) is 165 cm³/mol. The van der Waals surface area contributed by atoms with Crippen LogP contribution >= 0.6 is 11.6 Å². The number of ether oxygens (including phenoxy) is 3. The number of nitrogens with zero attached hydrogens (tertiary/aromatic N) is 3. The summed E-state index contributed by atoms with van der Waals surface area (Å²) in [6.07, 6.45) is -3.12. The van der Waals surface area contributed by atoms with Gasteiger partial charge in [-0.2, -0.15) is 0 Å². The third-order valence-electron chi connectivity index (χ3n) is 8.72. The van der Waals surface area contributed by atoms with Crippen molar-refractivity contribution in [3.8, 4) is 17.2 Å². The molecule has 0 aliphatic carbocycles. The number of piperidine rings is 1. The molecule has 250 valence electrons. The summed E-state index contributed by atoms with van der Waals surface area (Å²) >= 11 is 6.54. The molecule has 0 N–H and O–H groups in total. The van der Waals surface area contributed by atoms with Gasteiger partial charge in [-0.1, -0.05) is 36.2 Å². The van der Waals surface area contributed by atoms with Gasteiger partial charge in [0.1, 0.15) is 16.4 Å². The number of anilines is 1. The molecule has 3 aliphatic heterocycles. The molecule has 0 aromatic heterocycles. The van der Waals surface area contributed by atoms with Crippen LogP contribution in [0.2, 0.25) is 5.02 Å². The predicted octanol–water partition coefficient (Wildman–Crippen LogP) is 5.10. The number of alkyl halides is 3. The Labute approximate surface area is 274 Å². The molecule has 3 aromatic carbocycles. The number of hydrogen-bond donors (Lipinski definition) is 0. The van der Waals surface area contributed by atoms with Gasteiger partial charge in [0.05, 0.1) is 25.4 Å². The Morgan fingerprint density at radius 1 is 1.09 bits per heavy atom. The number of rotatable bonds is 7. The van der Waals surface area contributed by atoms with Crippen LogP contribution in [0.15, 0.2) is 59.5 Å². The fourth-order valence-corrected chi connectivity index (χ4v) is 8.53. The molecule has 0 spiro atoms. The number of para-hydroxylation sites is 1. The van der Waals surface area contributed by atoms with Gasteiger partial charge in [-0.25, -0.2) is 12.7 Å². The van der Waals surface area contributed by atoms with Crippen molar-refractivity contribution in [2.24, 2.45) is 0 Å². The minimum atomic E-state index is -5.27. The van der Waals surface area contributed by atoms with Gasteiger partial charge in [0, 0.05) is 49.3 Å². The highest BCUT2D eigenvalue weighted by Gasteiger charge is 2.63. The highest BCUT2D eigenvalue weighted by molar-refractivity contribution is 7.93. The van der Waals surface area contributed by atoms with Crippen LogP contribution in [0.3, 0.4) is 0 Å². The van der Waals surface area contributed by atoms with E-state index < -0.39 is 44.5 Å². The summed E-state index contributed by atoms with van der Waals surface area (Å²) in [5.41, 5.74) is -0.878. The number of likely N-dealkylation sites (N-methyl/N-ethyl adjacent to an activating group) is 1. The van der Waals surface area contributed by atoms with E-state index in [1.807, 2.05) is 6.07 Å². The van der Waals surface area contributed by atoms with E-state index in [1.165, 1.54) is 30.2 Å². The molecule has 3 aromatic rings. The summed E-state index contributed by atoms with van der Waals surface area (Å²) < 4.78 is 85.7. The number of methoxy groups -OCH3 is 1. The molecule has 15 heteroatoms. The van der Waals surface area contributed by atoms with E-state index in [4.69, 9.17) is 21.1 Å². The molecular formula is C32H31ClF3N3O7S. The lowest BCUT2D eigenvalue weighted by atomic mass is 9.78. The lowest BCUT2D eigenvalue weighted by molar-refractivity contribution is -0.275. The summed E-state index contributed by atoms with van der Waals surface area (Å²) in [6, 6.07) is 11.4. The monoisotopic (exact) mass is 693 g/mol. The smallest absolute Gasteiger partial charge is 0.497 e. The van der Waals surface area contributed by atoms with Gasteiger partial charge >= 0.3 is 6.36 Å². The van der Waals surface area contributed by atoms with Crippen LogP contribution in [0.4, 0.5) is 18.9 Å². The number of hydrogen-bond acceptors (Lipinski definition) is 8. The van der Waals surface area contributed by atoms with E-state index in [9.17, 15) is 26.4 Å². The lowest BCUT2D eigenvalue weighted by Gasteiger charge is -2.47. The molecule has 1 saturated heterocycles. The standard InChI is InChI=1S/C32H31ClF3N3O7S/c1-37(2)29(40)25-9-4-5-15-38(25)31(22-8-6-7-19-14-16-45-28(19)22)23-17-20(33)10-12-24(23)39(30(31)41)47(42,43)27-13-11-21(44-3)18-26(27)46-32(34,35)36/h6-8,10-13,17-18,25H,4-5,9,14-16H2,1-3H3/t25-,31?/m0/s1. The van der Waals surface area contributed by atoms with Crippen molar-refractivity contribution in [2.45, 2.75) is 48.5 Å². The number of carbonyl (C=O) groups excluding carboxylic acids is 2. The van der Waals surface area contributed by atoms with Crippen LogP contribution in [0.5, 0.6) is 17.2 Å². The number of halogens is 4. The highest BCUT2D eigenvalue weighted by Crippen LogP contribution is 2.56. The minimum absolute atomic E-state index is 0.104. The SMILES string of the molecule is COc1ccc(S(=O)(=O)N2C(=O)C(c3cccc4c3OCC4)(N3CCCC[C@H]3C(=O)N(C)C)c3cc(Cl)ccc32)c(OC(F)(F)F)c1. The normalized spacial score (nSPS) is 21.2. The van der Waals surface area contributed by atoms with Gasteiger partial charge in [-0.15, -0.1) is 13.2 Å². The van der Waals surface area contributed by atoms with Gasteiger partial charge in [0.2, 0.25) is 5.91 Å². The van der Waals surface area contributed by atoms with E-state index in [-0.39, 0.29) is 34.5 Å². The second-order valence-corrected chi connectivity index (χ2v) is 13.8. The highest BCUT2D eigenvalue weighted by atomic mass is 35.5. The van der Waals surface area contributed by atoms with Crippen LogP contribution in [0.25, 0.3) is 0 Å². The summed E-state index contributed by atoms with van der Waals surface area (Å²) in [7, 11) is -0.748. The molecule has 2 atom stereocenters. The Hall–Kier alpha value is -4.01. The topological polar surface area (TPSA) is 106 Å². The van der Waals surface area contributed by atoms with Gasteiger partial charge in [-0.05, 0) is 48.7 Å². The van der Waals surface area contributed by atoms with Crippen LogP contribution in [-0.2, 0) is 31.6 Å². The van der Waals surface area contributed by atoms with E-state index in [0.717, 1.165) is 23.8 Å². The maximum atomic E-state index is 15.4. The molecule has 6 rings (SSSR count). The van der Waals surface area contributed by atoms with Crippen molar-refractivity contribution in [1.82, 2.24) is 9.80 Å². The van der Waals surface area contributed by atoms with Crippen molar-refractivity contribution < 1.29 is 45.4 Å². The van der Waals surface area contributed by atoms with Crippen LogP contribution in [0, 0.1) is 0 Å². The third-order valence-corrected chi connectivity index (χ3v) is 10.7. The fourth-order valence-electron chi connectivity index (χ4n) is 6.80. The quantitative estimate of drug-likeness (QED) is 0.337. The number of sulfonamides is 1. The average molecular weight is 694 g/mol. The van der Waals surface area contributed by atoms with E-state index in [2.05, 4.69) is 4.74 Å². The van der Waals surface area contributed by atoms with Crippen LogP contribution in [0.1, 0.15) is 36.0 Å². The second-order valence-electron chi connectivity index (χ2n) is 11.6. The number of likely N-dealkylation sites (tertiary alicyclic amines) is 1. The van der Waals surface area contributed by atoms with Crippen molar-refractivity contribution in [2.75, 3.05) is 38.7 Å². The Balaban J connectivity index is 1.66. The first-order chi connectivity index (χ1) is 22.2. The number of amides is 2. The lowest BCUT2D eigenvalue weighted by Crippen LogP contribution is -2.62. The molecule has 0 saturated carbocycles. The summed E-state index contributed by atoms with van der Waals surface area (Å²) in [6.45, 7) is 0.523. The fraction of sp³-hybridized carbons (Fsp3) is 0.375. The molecule has 47 heavy (non-hydrogen) atoms. The summed E-state index contributed by atoms with van der Waals surface area (Å²) in [5, 5.41) is 0.173. The third kappa shape index (κ3) is 5.35. The molecule has 2 amide bonds. The molecule has 1 unspecified atom stereocenters. The molecule has 1 fully saturated rings. The first-order valence-corrected chi connectivity index (χ1v) is 16.6. The Bertz CT molecular complexity index is 1870. The number of carbonyl (C=O) groups is 2. The zero-order chi connectivity index (χ0) is 33.9. The van der Waals surface area contributed by atoms with Crippen LogP contribution in [-0.4, -0.2) is 76.8 Å². The largest absolute Gasteiger partial charge is 0.573 e. The zero-order valence-electron chi connectivity index (χ0n) is 25.6. The average Bonchev–Trinajstić information content (AvgIpc) is 3.60. The molecule has 3 aliphatic rings. The van der Waals surface area contributed by atoms with Crippen LogP contribution < -0.4 is 18.5 Å². The summed E-state index contributed by atoms with van der Waals surface area (Å²) in [4.78, 5) is 31.3. The van der Waals surface area contributed by atoms with Crippen molar-refractivity contribution in [3.63, 3.8) is 0 Å². The molecular weight excluding hydrogens is 663 g/mol. The first kappa shape index (κ1) is 32.9. The molecule has 0 radical (unpaired) electrons. The van der Waals surface area contributed by atoms with E-state index in [1.54, 1.807) is 31.1 Å². The Morgan fingerprint density at radius 3 is 2.55 bits per heavy atom. The molecule has 0 bridgehead atoms. The van der Waals surface area contributed by atoms with E-state index >= 15 is 4.79 Å². The van der Waals surface area contributed by atoms with Gasteiger partial charge in [-0.3, -0.25) is 14.5 Å². The Kier molecular flexibility index (Phi) is 8.33. The number of fused-ring (bicyclic) bond motifs is 2. The van der Waals surface area contributed by atoms with Gasteiger partial charge in [0.15, 0.2) is 11.3 Å². The molecule has 3 heterocycles.